The smallest absolute Gasteiger partial charge is 0.256 e. The van der Waals surface area contributed by atoms with Crippen LogP contribution < -0.4 is 10.9 Å². The Morgan fingerprint density at radius 2 is 2.11 bits per heavy atom. The molecular formula is C14H15N3O. The lowest BCUT2D eigenvalue weighted by Gasteiger charge is -2.07. The SMILES string of the molecule is C=CCc1c(C)nc(Nc2ccccc2)[nH]c1=O. The molecule has 2 aromatic rings. The molecule has 2 rings (SSSR count). The molecule has 2 N–H and O–H groups in total. The first-order chi connectivity index (χ1) is 8.70. The van der Waals surface area contributed by atoms with Crippen LogP contribution >= 0.6 is 0 Å². The Balaban J connectivity index is 2.31. The van der Waals surface area contributed by atoms with Gasteiger partial charge in [-0.05, 0) is 25.5 Å². The average molecular weight is 241 g/mol. The molecule has 1 aromatic carbocycles. The van der Waals surface area contributed by atoms with E-state index in [1.807, 2.05) is 37.3 Å². The largest absolute Gasteiger partial charge is 0.326 e. The van der Waals surface area contributed by atoms with Crippen molar-refractivity contribution in [2.75, 3.05) is 5.32 Å². The second-order valence-electron chi connectivity index (χ2n) is 3.96. The lowest BCUT2D eigenvalue weighted by atomic mass is 10.2. The van der Waals surface area contributed by atoms with Gasteiger partial charge in [-0.2, -0.15) is 0 Å². The van der Waals surface area contributed by atoms with Gasteiger partial charge in [-0.15, -0.1) is 6.58 Å². The molecule has 0 amide bonds. The number of aryl methyl sites for hydroxylation is 1. The van der Waals surface area contributed by atoms with Gasteiger partial charge in [-0.3, -0.25) is 9.78 Å². The van der Waals surface area contributed by atoms with Gasteiger partial charge >= 0.3 is 0 Å². The molecule has 1 heterocycles. The second kappa shape index (κ2) is 5.31. The first kappa shape index (κ1) is 12.1. The van der Waals surface area contributed by atoms with E-state index in [-0.39, 0.29) is 5.56 Å². The Morgan fingerprint density at radius 1 is 1.39 bits per heavy atom. The first-order valence-electron chi connectivity index (χ1n) is 5.73. The zero-order chi connectivity index (χ0) is 13.0. The van der Waals surface area contributed by atoms with Crippen LogP contribution in [0.15, 0.2) is 47.8 Å². The molecule has 0 bridgehead atoms. The number of H-pyrrole nitrogens is 1. The number of allylic oxidation sites excluding steroid dienone is 1. The molecule has 0 spiro atoms. The number of benzene rings is 1. The van der Waals surface area contributed by atoms with E-state index in [0.717, 1.165) is 11.4 Å². The summed E-state index contributed by atoms with van der Waals surface area (Å²) < 4.78 is 0. The highest BCUT2D eigenvalue weighted by Crippen LogP contribution is 2.11. The van der Waals surface area contributed by atoms with E-state index in [4.69, 9.17) is 0 Å². The minimum absolute atomic E-state index is 0.124. The van der Waals surface area contributed by atoms with Gasteiger partial charge in [-0.1, -0.05) is 24.3 Å². The minimum atomic E-state index is -0.124. The van der Waals surface area contributed by atoms with Crippen molar-refractivity contribution in [2.24, 2.45) is 0 Å². The average Bonchev–Trinajstić information content (AvgIpc) is 2.35. The van der Waals surface area contributed by atoms with Crippen LogP contribution in [0.5, 0.6) is 0 Å². The number of nitrogens with zero attached hydrogens (tertiary/aromatic N) is 1. The maximum absolute atomic E-state index is 11.9. The predicted octanol–water partition coefficient (Wildman–Crippen LogP) is 2.55. The van der Waals surface area contributed by atoms with E-state index in [9.17, 15) is 4.79 Å². The van der Waals surface area contributed by atoms with Crippen LogP contribution in [0.25, 0.3) is 0 Å². The fraction of sp³-hybridized carbons (Fsp3) is 0.143. The molecule has 0 saturated carbocycles. The summed E-state index contributed by atoms with van der Waals surface area (Å²) in [7, 11) is 0. The molecule has 92 valence electrons. The van der Waals surface area contributed by atoms with Crippen LogP contribution in [0.4, 0.5) is 11.6 Å². The van der Waals surface area contributed by atoms with Crippen molar-refractivity contribution in [1.82, 2.24) is 9.97 Å². The summed E-state index contributed by atoms with van der Waals surface area (Å²) in [4.78, 5) is 18.9. The topological polar surface area (TPSA) is 57.8 Å². The van der Waals surface area contributed by atoms with Crippen LogP contribution in [-0.2, 0) is 6.42 Å². The van der Waals surface area contributed by atoms with E-state index in [1.54, 1.807) is 6.08 Å². The molecule has 0 aliphatic rings. The number of anilines is 2. The third kappa shape index (κ3) is 2.66. The Morgan fingerprint density at radius 3 is 2.72 bits per heavy atom. The third-order valence-electron chi connectivity index (χ3n) is 2.61. The van der Waals surface area contributed by atoms with E-state index in [2.05, 4.69) is 21.9 Å². The maximum Gasteiger partial charge on any atom is 0.256 e. The molecule has 0 aliphatic heterocycles. The zero-order valence-corrected chi connectivity index (χ0v) is 10.2. The fourth-order valence-corrected chi connectivity index (χ4v) is 1.71. The number of nitrogens with one attached hydrogen (secondary N) is 2. The number of aromatic amines is 1. The first-order valence-corrected chi connectivity index (χ1v) is 5.73. The highest BCUT2D eigenvalue weighted by molar-refractivity contribution is 5.52. The lowest BCUT2D eigenvalue weighted by molar-refractivity contribution is 0.999. The van der Waals surface area contributed by atoms with Crippen molar-refractivity contribution in [3.05, 3.63) is 64.6 Å². The number of aromatic nitrogens is 2. The monoisotopic (exact) mass is 241 g/mol. The molecular weight excluding hydrogens is 226 g/mol. The van der Waals surface area contributed by atoms with Crippen LogP contribution in [0.1, 0.15) is 11.3 Å². The molecule has 1 aromatic heterocycles. The fourth-order valence-electron chi connectivity index (χ4n) is 1.71. The predicted molar refractivity (Wildman–Crippen MR) is 73.2 cm³/mol. The number of hydrogen-bond donors (Lipinski definition) is 2. The normalized spacial score (nSPS) is 10.1. The third-order valence-corrected chi connectivity index (χ3v) is 2.61. The van der Waals surface area contributed by atoms with Gasteiger partial charge in [0.2, 0.25) is 5.95 Å². The number of para-hydroxylation sites is 1. The van der Waals surface area contributed by atoms with Gasteiger partial charge in [0, 0.05) is 11.3 Å². The van der Waals surface area contributed by atoms with Crippen LogP contribution in [0.2, 0.25) is 0 Å². The highest BCUT2D eigenvalue weighted by atomic mass is 16.1. The Labute approximate surface area is 105 Å². The van der Waals surface area contributed by atoms with E-state index < -0.39 is 0 Å². The molecule has 4 nitrogen and oxygen atoms in total. The van der Waals surface area contributed by atoms with Gasteiger partial charge in [0.05, 0.1) is 5.69 Å². The van der Waals surface area contributed by atoms with E-state index in [0.29, 0.717) is 17.9 Å². The van der Waals surface area contributed by atoms with Crippen molar-refractivity contribution in [3.8, 4) is 0 Å². The lowest BCUT2D eigenvalue weighted by Crippen LogP contribution is -2.17. The Hall–Kier alpha value is -2.36. The van der Waals surface area contributed by atoms with Gasteiger partial charge in [0.1, 0.15) is 0 Å². The summed E-state index contributed by atoms with van der Waals surface area (Å²) in [5.41, 5.74) is 2.14. The number of rotatable bonds is 4. The van der Waals surface area contributed by atoms with Gasteiger partial charge in [0.15, 0.2) is 0 Å². The zero-order valence-electron chi connectivity index (χ0n) is 10.2. The van der Waals surface area contributed by atoms with E-state index in [1.165, 1.54) is 0 Å². The highest BCUT2D eigenvalue weighted by Gasteiger charge is 2.06. The summed E-state index contributed by atoms with van der Waals surface area (Å²) >= 11 is 0. The Kier molecular flexibility index (Phi) is 3.57. The summed E-state index contributed by atoms with van der Waals surface area (Å²) in [6.07, 6.45) is 2.23. The summed E-state index contributed by atoms with van der Waals surface area (Å²) in [6, 6.07) is 9.58. The molecule has 0 radical (unpaired) electrons. The molecule has 0 aliphatic carbocycles. The summed E-state index contributed by atoms with van der Waals surface area (Å²) in [5.74, 6) is 0.455. The molecule has 0 unspecified atom stereocenters. The number of hydrogen-bond acceptors (Lipinski definition) is 3. The van der Waals surface area contributed by atoms with Crippen molar-refractivity contribution in [3.63, 3.8) is 0 Å². The maximum atomic E-state index is 11.9. The van der Waals surface area contributed by atoms with Gasteiger partial charge in [-0.25, -0.2) is 4.98 Å². The standard InChI is InChI=1S/C14H15N3O/c1-3-7-12-10(2)15-14(17-13(12)18)16-11-8-5-4-6-9-11/h3-6,8-9H,1,7H2,2H3,(H2,15,16,17,18). The van der Waals surface area contributed by atoms with Crippen molar-refractivity contribution < 1.29 is 0 Å². The van der Waals surface area contributed by atoms with Crippen molar-refractivity contribution in [2.45, 2.75) is 13.3 Å². The van der Waals surface area contributed by atoms with Crippen LogP contribution in [0.3, 0.4) is 0 Å². The minimum Gasteiger partial charge on any atom is -0.326 e. The van der Waals surface area contributed by atoms with E-state index >= 15 is 0 Å². The van der Waals surface area contributed by atoms with Crippen molar-refractivity contribution >= 4 is 11.6 Å². The summed E-state index contributed by atoms with van der Waals surface area (Å²) in [5, 5.41) is 3.06. The molecule has 0 atom stereocenters. The van der Waals surface area contributed by atoms with Crippen LogP contribution in [0, 0.1) is 6.92 Å². The molecule has 18 heavy (non-hydrogen) atoms. The Bertz CT molecular complexity index is 602. The van der Waals surface area contributed by atoms with Crippen molar-refractivity contribution in [1.29, 1.82) is 0 Å². The molecule has 4 heteroatoms. The summed E-state index contributed by atoms with van der Waals surface area (Å²) in [6.45, 7) is 5.46. The van der Waals surface area contributed by atoms with Crippen LogP contribution in [-0.4, -0.2) is 9.97 Å². The molecule has 0 fully saturated rings. The molecule has 0 saturated heterocycles. The van der Waals surface area contributed by atoms with Gasteiger partial charge in [0.25, 0.3) is 5.56 Å². The second-order valence-corrected chi connectivity index (χ2v) is 3.96. The quantitative estimate of drug-likeness (QED) is 0.809. The van der Waals surface area contributed by atoms with Gasteiger partial charge < -0.3 is 5.32 Å².